The van der Waals surface area contributed by atoms with Crippen LogP contribution in [-0.2, 0) is 9.59 Å². The van der Waals surface area contributed by atoms with E-state index < -0.39 is 5.92 Å². The average molecular weight is 458 g/mol. The van der Waals surface area contributed by atoms with Crippen molar-refractivity contribution in [3.63, 3.8) is 0 Å². The van der Waals surface area contributed by atoms with Crippen LogP contribution in [0.4, 0.5) is 17.1 Å². The fourth-order valence-electron chi connectivity index (χ4n) is 4.03. The molecule has 34 heavy (non-hydrogen) atoms. The Kier molecular flexibility index (Phi) is 6.63. The first-order valence-electron chi connectivity index (χ1n) is 11.1. The molecule has 1 aliphatic rings. The van der Waals surface area contributed by atoms with Gasteiger partial charge in [-0.1, -0.05) is 23.8 Å². The van der Waals surface area contributed by atoms with Crippen molar-refractivity contribution in [2.45, 2.75) is 20.3 Å². The van der Waals surface area contributed by atoms with Crippen molar-refractivity contribution in [1.29, 1.82) is 0 Å². The van der Waals surface area contributed by atoms with Crippen LogP contribution in [0.25, 0.3) is 0 Å². The maximum absolute atomic E-state index is 12.9. The standard InChI is InChI=1S/C27H27N3O4/c1-17-7-12-24(18(2)13-17)29-26(32)19-5-4-6-21(14-19)28-27(33)20-15-25(31)30(16-20)22-8-10-23(34-3)11-9-22/h4-14,20H,15-16H2,1-3H3,(H,28,33)(H,29,32)/t20-/m0/s1. The highest BCUT2D eigenvalue weighted by Crippen LogP contribution is 2.28. The third-order valence-corrected chi connectivity index (χ3v) is 5.90. The van der Waals surface area contributed by atoms with E-state index in [2.05, 4.69) is 10.6 Å². The second-order valence-corrected chi connectivity index (χ2v) is 8.45. The Morgan fingerprint density at radius 3 is 2.44 bits per heavy atom. The highest BCUT2D eigenvalue weighted by Gasteiger charge is 2.35. The number of amides is 3. The molecule has 3 aromatic carbocycles. The van der Waals surface area contributed by atoms with E-state index in [9.17, 15) is 14.4 Å². The molecule has 7 nitrogen and oxygen atoms in total. The number of methoxy groups -OCH3 is 1. The summed E-state index contributed by atoms with van der Waals surface area (Å²) in [6.07, 6.45) is 0.130. The molecule has 1 aliphatic heterocycles. The zero-order valence-corrected chi connectivity index (χ0v) is 19.4. The molecule has 3 aromatic rings. The van der Waals surface area contributed by atoms with Gasteiger partial charge in [-0.05, 0) is 67.9 Å². The number of nitrogens with zero attached hydrogens (tertiary/aromatic N) is 1. The van der Waals surface area contributed by atoms with Gasteiger partial charge in [0.15, 0.2) is 0 Å². The smallest absolute Gasteiger partial charge is 0.255 e. The molecule has 0 radical (unpaired) electrons. The highest BCUT2D eigenvalue weighted by molar-refractivity contribution is 6.06. The normalized spacial score (nSPS) is 15.2. The molecule has 0 aromatic heterocycles. The van der Waals surface area contributed by atoms with Crippen LogP contribution in [0.2, 0.25) is 0 Å². The molecule has 1 saturated heterocycles. The van der Waals surface area contributed by atoms with Crippen LogP contribution in [0.1, 0.15) is 27.9 Å². The first kappa shape index (κ1) is 23.0. The number of hydrogen-bond donors (Lipinski definition) is 2. The van der Waals surface area contributed by atoms with E-state index in [0.29, 0.717) is 23.5 Å². The molecule has 2 N–H and O–H groups in total. The molecule has 174 valence electrons. The van der Waals surface area contributed by atoms with Gasteiger partial charge in [0.2, 0.25) is 11.8 Å². The van der Waals surface area contributed by atoms with Gasteiger partial charge < -0.3 is 20.3 Å². The molecule has 0 spiro atoms. The second-order valence-electron chi connectivity index (χ2n) is 8.45. The van der Waals surface area contributed by atoms with E-state index in [1.807, 2.05) is 32.0 Å². The lowest BCUT2D eigenvalue weighted by molar-refractivity contribution is -0.122. The average Bonchev–Trinajstić information content (AvgIpc) is 3.23. The topological polar surface area (TPSA) is 87.7 Å². The van der Waals surface area contributed by atoms with E-state index in [0.717, 1.165) is 22.5 Å². The lowest BCUT2D eigenvalue weighted by Crippen LogP contribution is -2.28. The second kappa shape index (κ2) is 9.79. The summed E-state index contributed by atoms with van der Waals surface area (Å²) in [6.45, 7) is 4.24. The molecule has 7 heteroatoms. The van der Waals surface area contributed by atoms with Crippen molar-refractivity contribution in [2.75, 3.05) is 29.2 Å². The van der Waals surface area contributed by atoms with Crippen molar-refractivity contribution < 1.29 is 19.1 Å². The van der Waals surface area contributed by atoms with Crippen LogP contribution < -0.4 is 20.3 Å². The third-order valence-electron chi connectivity index (χ3n) is 5.90. The van der Waals surface area contributed by atoms with Gasteiger partial charge in [0.05, 0.1) is 13.0 Å². The fraction of sp³-hybridized carbons (Fsp3) is 0.222. The number of aryl methyl sites for hydroxylation is 2. The Balaban J connectivity index is 1.41. The Morgan fingerprint density at radius 2 is 1.74 bits per heavy atom. The highest BCUT2D eigenvalue weighted by atomic mass is 16.5. The van der Waals surface area contributed by atoms with Gasteiger partial charge in [-0.2, -0.15) is 0 Å². The number of ether oxygens (including phenoxy) is 1. The molecule has 0 aliphatic carbocycles. The van der Waals surface area contributed by atoms with E-state index in [1.165, 1.54) is 0 Å². The zero-order valence-electron chi connectivity index (χ0n) is 19.4. The van der Waals surface area contributed by atoms with Crippen molar-refractivity contribution >= 4 is 34.8 Å². The molecular weight excluding hydrogens is 430 g/mol. The maximum atomic E-state index is 12.9. The molecule has 0 saturated carbocycles. The van der Waals surface area contributed by atoms with E-state index in [-0.39, 0.29) is 24.1 Å². The minimum absolute atomic E-state index is 0.105. The van der Waals surface area contributed by atoms with Gasteiger partial charge in [0.1, 0.15) is 5.75 Å². The number of nitrogens with one attached hydrogen (secondary N) is 2. The molecule has 1 atom stereocenters. The fourth-order valence-corrected chi connectivity index (χ4v) is 4.03. The summed E-state index contributed by atoms with van der Waals surface area (Å²) in [7, 11) is 1.58. The van der Waals surface area contributed by atoms with Crippen LogP contribution in [0.3, 0.4) is 0 Å². The minimum atomic E-state index is -0.484. The summed E-state index contributed by atoms with van der Waals surface area (Å²) in [5, 5.41) is 5.77. The van der Waals surface area contributed by atoms with Crippen LogP contribution >= 0.6 is 0 Å². The lowest BCUT2D eigenvalue weighted by atomic mass is 10.1. The molecular formula is C27H27N3O4. The molecule has 0 bridgehead atoms. The van der Waals surface area contributed by atoms with Crippen molar-refractivity contribution in [2.24, 2.45) is 5.92 Å². The summed E-state index contributed by atoms with van der Waals surface area (Å²) in [4.78, 5) is 39.8. The summed E-state index contributed by atoms with van der Waals surface area (Å²) < 4.78 is 5.16. The van der Waals surface area contributed by atoms with E-state index in [4.69, 9.17) is 4.74 Å². The molecule has 1 heterocycles. The summed E-state index contributed by atoms with van der Waals surface area (Å²) in [5.41, 5.74) is 4.51. The predicted molar refractivity (Wildman–Crippen MR) is 132 cm³/mol. The van der Waals surface area contributed by atoms with Gasteiger partial charge in [-0.15, -0.1) is 0 Å². The minimum Gasteiger partial charge on any atom is -0.497 e. The number of carbonyl (C=O) groups excluding carboxylic acids is 3. The Labute approximate surface area is 198 Å². The van der Waals surface area contributed by atoms with Crippen LogP contribution in [-0.4, -0.2) is 31.4 Å². The number of rotatable bonds is 6. The lowest BCUT2D eigenvalue weighted by Gasteiger charge is -2.17. The van der Waals surface area contributed by atoms with Gasteiger partial charge in [0.25, 0.3) is 5.91 Å². The van der Waals surface area contributed by atoms with Crippen molar-refractivity contribution in [3.05, 3.63) is 83.4 Å². The van der Waals surface area contributed by atoms with Gasteiger partial charge in [-0.3, -0.25) is 14.4 Å². The Bertz CT molecular complexity index is 1240. The third kappa shape index (κ3) is 5.09. The van der Waals surface area contributed by atoms with Gasteiger partial charge in [0, 0.05) is 35.6 Å². The molecule has 3 amide bonds. The zero-order chi connectivity index (χ0) is 24.2. The number of hydrogen-bond acceptors (Lipinski definition) is 4. The van der Waals surface area contributed by atoms with Crippen molar-refractivity contribution in [1.82, 2.24) is 0 Å². The first-order valence-corrected chi connectivity index (χ1v) is 11.1. The SMILES string of the molecule is COc1ccc(N2C[C@@H](C(=O)Nc3cccc(C(=O)Nc4ccc(C)cc4C)c3)CC2=O)cc1. The summed E-state index contributed by atoms with van der Waals surface area (Å²) in [6, 6.07) is 19.8. The summed E-state index contributed by atoms with van der Waals surface area (Å²) in [5.74, 6) is -0.401. The van der Waals surface area contributed by atoms with Crippen LogP contribution in [0.5, 0.6) is 5.75 Å². The monoisotopic (exact) mass is 457 g/mol. The Hall–Kier alpha value is -4.13. The quantitative estimate of drug-likeness (QED) is 0.568. The number of carbonyl (C=O) groups is 3. The number of benzene rings is 3. The largest absolute Gasteiger partial charge is 0.497 e. The Morgan fingerprint density at radius 1 is 0.971 bits per heavy atom. The van der Waals surface area contributed by atoms with Crippen LogP contribution in [0.15, 0.2) is 66.7 Å². The maximum Gasteiger partial charge on any atom is 0.255 e. The van der Waals surface area contributed by atoms with Gasteiger partial charge >= 0.3 is 0 Å². The van der Waals surface area contributed by atoms with Gasteiger partial charge in [-0.25, -0.2) is 0 Å². The summed E-state index contributed by atoms with van der Waals surface area (Å²) >= 11 is 0. The van der Waals surface area contributed by atoms with E-state index in [1.54, 1.807) is 60.5 Å². The molecule has 0 unspecified atom stereocenters. The molecule has 4 rings (SSSR count). The first-order chi connectivity index (χ1) is 16.3. The predicted octanol–water partition coefficient (Wildman–Crippen LogP) is 4.56. The van der Waals surface area contributed by atoms with E-state index >= 15 is 0 Å². The molecule has 1 fully saturated rings. The van der Waals surface area contributed by atoms with Crippen molar-refractivity contribution in [3.8, 4) is 5.75 Å². The van der Waals surface area contributed by atoms with Crippen LogP contribution in [0, 0.1) is 19.8 Å². The number of anilines is 3.